The smallest absolute Gasteiger partial charge is 0.321 e. The molecule has 0 aliphatic heterocycles. The van der Waals surface area contributed by atoms with E-state index < -0.39 is 28.4 Å². The van der Waals surface area contributed by atoms with Crippen LogP contribution in [-0.4, -0.2) is 34.1 Å². The van der Waals surface area contributed by atoms with Gasteiger partial charge in [0.2, 0.25) is 10.0 Å². The molecule has 0 bridgehead atoms. The second-order valence-corrected chi connectivity index (χ2v) is 7.44. The van der Waals surface area contributed by atoms with Crippen LogP contribution in [0.5, 0.6) is 5.75 Å². The van der Waals surface area contributed by atoms with Gasteiger partial charge in [0.25, 0.3) is 0 Å². The van der Waals surface area contributed by atoms with Crippen molar-refractivity contribution in [1.29, 1.82) is 0 Å². The predicted octanol–water partition coefficient (Wildman–Crippen LogP) is 2.34. The molecule has 2 rings (SSSR count). The minimum atomic E-state index is -3.90. The molecule has 6 nitrogen and oxygen atoms in total. The number of nitrogens with one attached hydrogen (secondary N) is 1. The number of benzene rings is 2. The van der Waals surface area contributed by atoms with E-state index in [1.807, 2.05) is 32.0 Å². The molecule has 0 heterocycles. The van der Waals surface area contributed by atoms with Crippen LogP contribution in [0, 0.1) is 19.7 Å². The Morgan fingerprint density at radius 1 is 1.04 bits per heavy atom. The van der Waals surface area contributed by atoms with Crippen LogP contribution in [0.4, 0.5) is 4.39 Å². The Kier molecular flexibility index (Phi) is 6.70. The lowest BCUT2D eigenvalue weighted by atomic mass is 10.1. The summed E-state index contributed by atoms with van der Waals surface area (Å²) >= 11 is 0. The highest BCUT2D eigenvalue weighted by molar-refractivity contribution is 7.89. The molecule has 1 N–H and O–H groups in total. The largest absolute Gasteiger partial charge is 0.490 e. The molecule has 0 radical (unpaired) electrons. The summed E-state index contributed by atoms with van der Waals surface area (Å²) < 4.78 is 49.3. The van der Waals surface area contributed by atoms with Crippen molar-refractivity contribution in [2.45, 2.75) is 18.7 Å². The van der Waals surface area contributed by atoms with Gasteiger partial charge in [-0.2, -0.15) is 4.72 Å². The molecule has 0 saturated heterocycles. The monoisotopic (exact) mass is 381 g/mol. The van der Waals surface area contributed by atoms with Crippen molar-refractivity contribution in [1.82, 2.24) is 4.72 Å². The van der Waals surface area contributed by atoms with Gasteiger partial charge in [-0.3, -0.25) is 4.79 Å². The Bertz CT molecular complexity index is 845. The molecule has 0 aliphatic carbocycles. The van der Waals surface area contributed by atoms with Crippen molar-refractivity contribution >= 4 is 16.0 Å². The zero-order chi connectivity index (χ0) is 19.2. The first-order chi connectivity index (χ1) is 12.3. The van der Waals surface area contributed by atoms with E-state index in [4.69, 9.17) is 9.47 Å². The quantitative estimate of drug-likeness (QED) is 0.561. The number of carbonyl (C=O) groups is 1. The summed E-state index contributed by atoms with van der Waals surface area (Å²) in [4.78, 5) is 11.5. The predicted molar refractivity (Wildman–Crippen MR) is 94.0 cm³/mol. The SMILES string of the molecule is Cc1cc(C)cc(OCCOC(=O)CNS(=O)(=O)c2ccc(F)cc2)c1. The molecule has 0 amide bonds. The van der Waals surface area contributed by atoms with Gasteiger partial charge in [-0.15, -0.1) is 0 Å². The number of esters is 1. The molecular weight excluding hydrogens is 361 g/mol. The molecule has 0 aromatic heterocycles. The normalized spacial score (nSPS) is 11.2. The van der Waals surface area contributed by atoms with Crippen LogP contribution in [0.15, 0.2) is 47.4 Å². The Balaban J connectivity index is 1.74. The number of aryl methyl sites for hydroxylation is 2. The molecule has 0 atom stereocenters. The third-order valence-corrected chi connectivity index (χ3v) is 4.76. The molecule has 0 spiro atoms. The fraction of sp³-hybridized carbons (Fsp3) is 0.278. The van der Waals surface area contributed by atoms with Gasteiger partial charge in [0, 0.05) is 0 Å². The summed E-state index contributed by atoms with van der Waals surface area (Å²) in [5.41, 5.74) is 2.12. The zero-order valence-electron chi connectivity index (χ0n) is 14.5. The second-order valence-electron chi connectivity index (χ2n) is 5.67. The Morgan fingerprint density at radius 2 is 1.65 bits per heavy atom. The second kappa shape index (κ2) is 8.77. The first kappa shape index (κ1) is 19.9. The van der Waals surface area contributed by atoms with Crippen molar-refractivity contribution in [2.75, 3.05) is 19.8 Å². The van der Waals surface area contributed by atoms with Crippen molar-refractivity contribution in [3.8, 4) is 5.75 Å². The third-order valence-electron chi connectivity index (χ3n) is 3.34. The molecule has 2 aromatic carbocycles. The van der Waals surface area contributed by atoms with Crippen LogP contribution in [-0.2, 0) is 19.6 Å². The fourth-order valence-corrected chi connectivity index (χ4v) is 3.20. The van der Waals surface area contributed by atoms with Gasteiger partial charge in [-0.25, -0.2) is 12.8 Å². The lowest BCUT2D eigenvalue weighted by Gasteiger charge is -2.10. The van der Waals surface area contributed by atoms with Crippen LogP contribution in [0.1, 0.15) is 11.1 Å². The van der Waals surface area contributed by atoms with E-state index in [1.165, 1.54) is 0 Å². The summed E-state index contributed by atoms with van der Waals surface area (Å²) in [7, 11) is -3.90. The van der Waals surface area contributed by atoms with Gasteiger partial charge in [0.15, 0.2) is 0 Å². The number of halogens is 1. The Morgan fingerprint density at radius 3 is 2.27 bits per heavy atom. The van der Waals surface area contributed by atoms with E-state index in [0.29, 0.717) is 5.75 Å². The van der Waals surface area contributed by atoms with Crippen molar-refractivity contribution < 1.29 is 27.1 Å². The van der Waals surface area contributed by atoms with Gasteiger partial charge in [0.1, 0.15) is 31.3 Å². The molecule has 8 heteroatoms. The zero-order valence-corrected chi connectivity index (χ0v) is 15.3. The molecule has 140 valence electrons. The maximum atomic E-state index is 12.8. The number of sulfonamides is 1. The summed E-state index contributed by atoms with van der Waals surface area (Å²) in [6, 6.07) is 10.0. The van der Waals surface area contributed by atoms with Gasteiger partial charge >= 0.3 is 5.97 Å². The molecule has 0 fully saturated rings. The minimum Gasteiger partial charge on any atom is -0.490 e. The fourth-order valence-electron chi connectivity index (χ4n) is 2.23. The average Bonchev–Trinajstić information content (AvgIpc) is 2.56. The number of hydrogen-bond donors (Lipinski definition) is 1. The molecule has 0 aliphatic rings. The highest BCUT2D eigenvalue weighted by Gasteiger charge is 2.16. The average molecular weight is 381 g/mol. The van der Waals surface area contributed by atoms with Crippen molar-refractivity contribution in [3.63, 3.8) is 0 Å². The lowest BCUT2D eigenvalue weighted by molar-refractivity contribution is -0.142. The third kappa shape index (κ3) is 6.12. The summed E-state index contributed by atoms with van der Waals surface area (Å²) in [6.45, 7) is 3.52. The molecule has 0 unspecified atom stereocenters. The Labute approximate surface area is 152 Å². The number of rotatable bonds is 8. The van der Waals surface area contributed by atoms with Crippen LogP contribution < -0.4 is 9.46 Å². The van der Waals surface area contributed by atoms with Gasteiger partial charge in [-0.1, -0.05) is 6.07 Å². The van der Waals surface area contributed by atoms with E-state index in [9.17, 15) is 17.6 Å². The maximum absolute atomic E-state index is 12.8. The number of ether oxygens (including phenoxy) is 2. The number of carbonyl (C=O) groups excluding carboxylic acids is 1. The minimum absolute atomic E-state index is 0.00982. The topological polar surface area (TPSA) is 81.7 Å². The Hall–Kier alpha value is -2.45. The van der Waals surface area contributed by atoms with E-state index >= 15 is 0 Å². The molecular formula is C18H20FNO5S. The highest BCUT2D eigenvalue weighted by atomic mass is 32.2. The standard InChI is InChI=1S/C18H20FNO5S/c1-13-9-14(2)11-16(10-13)24-7-8-25-18(21)12-20-26(22,23)17-5-3-15(19)4-6-17/h3-6,9-11,20H,7-8,12H2,1-2H3. The maximum Gasteiger partial charge on any atom is 0.321 e. The van der Waals surface area contributed by atoms with E-state index in [0.717, 1.165) is 35.4 Å². The summed E-state index contributed by atoms with van der Waals surface area (Å²) in [5.74, 6) is -0.609. The molecule has 26 heavy (non-hydrogen) atoms. The van der Waals surface area contributed by atoms with E-state index in [2.05, 4.69) is 4.72 Å². The van der Waals surface area contributed by atoms with Crippen molar-refractivity contribution in [2.24, 2.45) is 0 Å². The summed E-state index contributed by atoms with van der Waals surface area (Å²) in [5, 5.41) is 0. The van der Waals surface area contributed by atoms with E-state index in [1.54, 1.807) is 0 Å². The van der Waals surface area contributed by atoms with Gasteiger partial charge < -0.3 is 9.47 Å². The molecule has 0 saturated carbocycles. The van der Waals surface area contributed by atoms with Crippen LogP contribution in [0.2, 0.25) is 0 Å². The summed E-state index contributed by atoms with van der Waals surface area (Å²) in [6.07, 6.45) is 0. The van der Waals surface area contributed by atoms with Crippen molar-refractivity contribution in [3.05, 3.63) is 59.4 Å². The van der Waals surface area contributed by atoms with E-state index in [-0.39, 0.29) is 18.1 Å². The van der Waals surface area contributed by atoms with Crippen LogP contribution in [0.3, 0.4) is 0 Å². The van der Waals surface area contributed by atoms with Crippen LogP contribution >= 0.6 is 0 Å². The number of hydrogen-bond acceptors (Lipinski definition) is 5. The first-order valence-electron chi connectivity index (χ1n) is 7.88. The highest BCUT2D eigenvalue weighted by Crippen LogP contribution is 2.16. The van der Waals surface area contributed by atoms with Gasteiger partial charge in [-0.05, 0) is 61.4 Å². The van der Waals surface area contributed by atoms with Crippen LogP contribution in [0.25, 0.3) is 0 Å². The first-order valence-corrected chi connectivity index (χ1v) is 9.36. The molecule has 2 aromatic rings. The lowest BCUT2D eigenvalue weighted by Crippen LogP contribution is -2.31. The van der Waals surface area contributed by atoms with Gasteiger partial charge in [0.05, 0.1) is 4.90 Å².